The molecule has 0 aromatic carbocycles. The van der Waals surface area contributed by atoms with E-state index in [0.717, 1.165) is 4.88 Å². The summed E-state index contributed by atoms with van der Waals surface area (Å²) in [6.45, 7) is 8.04. The quantitative estimate of drug-likeness (QED) is 0.865. The highest BCUT2D eigenvalue weighted by Crippen LogP contribution is 2.37. The van der Waals surface area contributed by atoms with Crippen molar-refractivity contribution >= 4 is 30.4 Å². The maximum atomic E-state index is 11.0. The summed E-state index contributed by atoms with van der Waals surface area (Å²) in [5, 5.41) is 1.74. The molecule has 19 heavy (non-hydrogen) atoms. The second-order valence-corrected chi connectivity index (χ2v) is 6.53. The standard InChI is InChI=1S/C13H18BNO3S/c1-12(2)13(3,4)18-14(17-12)6-5-10-7-9(8-19-10)11(15)16/h5-8H,1-4H3,(H2,15,16)/b6-5+. The lowest BCUT2D eigenvalue weighted by atomic mass is 9.90. The predicted octanol–water partition coefficient (Wildman–Crippen LogP) is 2.49. The molecule has 2 heterocycles. The van der Waals surface area contributed by atoms with Gasteiger partial charge < -0.3 is 15.0 Å². The molecule has 1 aromatic rings. The Balaban J connectivity index is 2.06. The van der Waals surface area contributed by atoms with Gasteiger partial charge in [-0.25, -0.2) is 0 Å². The number of carbonyl (C=O) groups is 1. The molecule has 0 aliphatic carbocycles. The number of nitrogens with two attached hydrogens (primary N) is 1. The molecular weight excluding hydrogens is 261 g/mol. The summed E-state index contributed by atoms with van der Waals surface area (Å²) in [5.41, 5.74) is 5.06. The highest BCUT2D eigenvalue weighted by molar-refractivity contribution is 7.11. The van der Waals surface area contributed by atoms with E-state index in [1.54, 1.807) is 11.4 Å². The molecular formula is C13H18BNO3S. The minimum Gasteiger partial charge on any atom is -0.400 e. The Morgan fingerprint density at radius 3 is 2.37 bits per heavy atom. The highest BCUT2D eigenvalue weighted by Gasteiger charge is 2.49. The molecule has 1 aromatic heterocycles. The smallest absolute Gasteiger partial charge is 0.400 e. The van der Waals surface area contributed by atoms with E-state index in [-0.39, 0.29) is 18.3 Å². The summed E-state index contributed by atoms with van der Waals surface area (Å²) in [6, 6.07) is 1.76. The summed E-state index contributed by atoms with van der Waals surface area (Å²) in [4.78, 5) is 11.9. The topological polar surface area (TPSA) is 61.5 Å². The van der Waals surface area contributed by atoms with Crippen LogP contribution in [-0.4, -0.2) is 24.2 Å². The molecule has 6 heteroatoms. The lowest BCUT2D eigenvalue weighted by molar-refractivity contribution is 0.00578. The molecule has 0 atom stereocenters. The Hall–Kier alpha value is -1.11. The fourth-order valence-electron chi connectivity index (χ4n) is 1.71. The van der Waals surface area contributed by atoms with Gasteiger partial charge in [0.15, 0.2) is 0 Å². The van der Waals surface area contributed by atoms with E-state index in [1.165, 1.54) is 11.3 Å². The zero-order valence-corrected chi connectivity index (χ0v) is 12.4. The van der Waals surface area contributed by atoms with E-state index in [2.05, 4.69) is 0 Å². The van der Waals surface area contributed by atoms with Crippen molar-refractivity contribution in [2.75, 3.05) is 0 Å². The number of hydrogen-bond acceptors (Lipinski definition) is 4. The maximum Gasteiger partial charge on any atom is 0.487 e. The van der Waals surface area contributed by atoms with Crippen molar-refractivity contribution in [3.05, 3.63) is 27.9 Å². The van der Waals surface area contributed by atoms with Crippen molar-refractivity contribution in [3.63, 3.8) is 0 Å². The molecule has 1 aliphatic heterocycles. The third-order valence-corrected chi connectivity index (χ3v) is 4.49. The average Bonchev–Trinajstić information content (AvgIpc) is 2.79. The fraction of sp³-hybridized carbons (Fsp3) is 0.462. The van der Waals surface area contributed by atoms with Crippen molar-refractivity contribution in [3.8, 4) is 0 Å². The molecule has 2 rings (SSSR count). The Labute approximate surface area is 117 Å². The zero-order valence-electron chi connectivity index (χ0n) is 11.6. The first kappa shape index (κ1) is 14.3. The van der Waals surface area contributed by atoms with Crippen molar-refractivity contribution in [1.82, 2.24) is 0 Å². The van der Waals surface area contributed by atoms with Crippen LogP contribution in [-0.2, 0) is 9.31 Å². The first-order valence-corrected chi connectivity index (χ1v) is 7.01. The normalized spacial score (nSPS) is 21.2. The summed E-state index contributed by atoms with van der Waals surface area (Å²) in [6.07, 6.45) is 1.89. The van der Waals surface area contributed by atoms with Crippen molar-refractivity contribution in [2.45, 2.75) is 38.9 Å². The molecule has 0 saturated carbocycles. The van der Waals surface area contributed by atoms with Crippen LogP contribution in [0.3, 0.4) is 0 Å². The van der Waals surface area contributed by atoms with Crippen LogP contribution in [0.4, 0.5) is 0 Å². The van der Waals surface area contributed by atoms with Crippen LogP contribution in [0.15, 0.2) is 17.4 Å². The molecule has 1 saturated heterocycles. The van der Waals surface area contributed by atoms with E-state index in [4.69, 9.17) is 15.0 Å². The Morgan fingerprint density at radius 1 is 1.32 bits per heavy atom. The van der Waals surface area contributed by atoms with Gasteiger partial charge in [0, 0.05) is 10.3 Å². The maximum absolute atomic E-state index is 11.0. The van der Waals surface area contributed by atoms with E-state index in [0.29, 0.717) is 5.56 Å². The van der Waals surface area contributed by atoms with Crippen LogP contribution < -0.4 is 5.73 Å². The number of carbonyl (C=O) groups excluding carboxylic acids is 1. The summed E-state index contributed by atoms with van der Waals surface area (Å²) in [5.74, 6) is 1.44. The summed E-state index contributed by atoms with van der Waals surface area (Å²) < 4.78 is 11.7. The van der Waals surface area contributed by atoms with E-state index < -0.39 is 5.91 Å². The minimum atomic E-state index is -0.411. The third kappa shape index (κ3) is 2.91. The second kappa shape index (κ2) is 4.78. The van der Waals surface area contributed by atoms with Crippen LogP contribution in [0.25, 0.3) is 6.08 Å². The summed E-state index contributed by atoms with van der Waals surface area (Å²) >= 11 is 1.46. The Morgan fingerprint density at radius 2 is 1.89 bits per heavy atom. The van der Waals surface area contributed by atoms with Gasteiger partial charge in [0.1, 0.15) is 0 Å². The lowest BCUT2D eigenvalue weighted by Gasteiger charge is -2.32. The fourth-order valence-corrected chi connectivity index (χ4v) is 2.51. The van der Waals surface area contributed by atoms with Crippen molar-refractivity contribution in [2.24, 2.45) is 5.73 Å². The molecule has 0 unspecified atom stereocenters. The zero-order chi connectivity index (χ0) is 14.3. The van der Waals surface area contributed by atoms with Gasteiger partial charge in [0.25, 0.3) is 0 Å². The number of primary amides is 1. The van der Waals surface area contributed by atoms with Gasteiger partial charge >= 0.3 is 7.12 Å². The molecule has 1 amide bonds. The molecule has 0 spiro atoms. The van der Waals surface area contributed by atoms with Crippen LogP contribution in [0, 0.1) is 0 Å². The van der Waals surface area contributed by atoms with E-state index >= 15 is 0 Å². The first-order chi connectivity index (χ1) is 8.71. The molecule has 0 radical (unpaired) electrons. The van der Waals surface area contributed by atoms with Gasteiger partial charge in [0.2, 0.25) is 5.91 Å². The molecule has 0 bridgehead atoms. The van der Waals surface area contributed by atoms with Crippen LogP contribution in [0.2, 0.25) is 0 Å². The number of amides is 1. The average molecular weight is 279 g/mol. The number of thiophene rings is 1. The lowest BCUT2D eigenvalue weighted by Crippen LogP contribution is -2.41. The predicted molar refractivity (Wildman–Crippen MR) is 78.0 cm³/mol. The van der Waals surface area contributed by atoms with Crippen LogP contribution >= 0.6 is 11.3 Å². The van der Waals surface area contributed by atoms with Gasteiger partial charge in [0.05, 0.1) is 16.8 Å². The first-order valence-electron chi connectivity index (χ1n) is 6.13. The Kier molecular flexibility index (Phi) is 3.60. The van der Waals surface area contributed by atoms with Gasteiger partial charge in [-0.1, -0.05) is 12.1 Å². The monoisotopic (exact) mass is 279 g/mol. The van der Waals surface area contributed by atoms with Gasteiger partial charge in [-0.05, 0) is 33.8 Å². The van der Waals surface area contributed by atoms with Gasteiger partial charge in [-0.15, -0.1) is 11.3 Å². The van der Waals surface area contributed by atoms with Gasteiger partial charge in [-0.3, -0.25) is 4.79 Å². The molecule has 4 nitrogen and oxygen atoms in total. The van der Waals surface area contributed by atoms with Crippen molar-refractivity contribution < 1.29 is 14.1 Å². The van der Waals surface area contributed by atoms with E-state index in [9.17, 15) is 4.79 Å². The molecule has 2 N–H and O–H groups in total. The van der Waals surface area contributed by atoms with E-state index in [1.807, 2.05) is 39.7 Å². The largest absolute Gasteiger partial charge is 0.487 e. The SMILES string of the molecule is CC1(C)OB(/C=C/c2cc(C(N)=O)cs2)OC1(C)C. The summed E-state index contributed by atoms with van der Waals surface area (Å²) in [7, 11) is -0.371. The van der Waals surface area contributed by atoms with Gasteiger partial charge in [-0.2, -0.15) is 0 Å². The number of hydrogen-bond donors (Lipinski definition) is 1. The number of rotatable bonds is 3. The van der Waals surface area contributed by atoms with Crippen LogP contribution in [0.5, 0.6) is 0 Å². The highest BCUT2D eigenvalue weighted by atomic mass is 32.1. The third-order valence-electron chi connectivity index (χ3n) is 3.59. The Bertz CT molecular complexity index is 506. The molecule has 1 fully saturated rings. The van der Waals surface area contributed by atoms with Crippen LogP contribution in [0.1, 0.15) is 42.9 Å². The molecule has 102 valence electrons. The minimum absolute atomic E-state index is 0.337. The second-order valence-electron chi connectivity index (χ2n) is 5.59. The molecule has 1 aliphatic rings. The van der Waals surface area contributed by atoms with Crippen molar-refractivity contribution in [1.29, 1.82) is 0 Å².